The Morgan fingerprint density at radius 1 is 1.03 bits per heavy atom. The summed E-state index contributed by atoms with van der Waals surface area (Å²) in [6.45, 7) is 0.781. The number of rotatable bonds is 9. The Hall–Kier alpha value is -3.15. The fourth-order valence-electron chi connectivity index (χ4n) is 3.50. The molecule has 0 radical (unpaired) electrons. The summed E-state index contributed by atoms with van der Waals surface area (Å²) in [6.07, 6.45) is 4.22. The highest BCUT2D eigenvalue weighted by Gasteiger charge is 2.30. The SMILES string of the molecule is O=C(CCCc1ccccc1)NCCn1nc(-c2ccccc2)n(C2CC2)c1=O. The van der Waals surface area contributed by atoms with E-state index in [4.69, 9.17) is 0 Å². The molecule has 0 saturated heterocycles. The normalized spacial score (nSPS) is 13.4. The van der Waals surface area contributed by atoms with Crippen LogP contribution < -0.4 is 11.0 Å². The molecule has 0 aliphatic heterocycles. The summed E-state index contributed by atoms with van der Waals surface area (Å²) < 4.78 is 3.28. The molecule has 1 aliphatic carbocycles. The number of aromatic nitrogens is 3. The number of nitrogens with zero attached hydrogens (tertiary/aromatic N) is 3. The van der Waals surface area contributed by atoms with Crippen molar-refractivity contribution in [1.29, 1.82) is 0 Å². The van der Waals surface area contributed by atoms with Gasteiger partial charge in [-0.05, 0) is 31.2 Å². The van der Waals surface area contributed by atoms with Gasteiger partial charge in [-0.1, -0.05) is 60.7 Å². The molecule has 1 aliphatic rings. The molecule has 2 aromatic carbocycles. The van der Waals surface area contributed by atoms with E-state index in [1.807, 2.05) is 48.5 Å². The van der Waals surface area contributed by atoms with Crippen LogP contribution in [0.2, 0.25) is 0 Å². The third-order valence-corrected chi connectivity index (χ3v) is 5.17. The standard InChI is InChI=1S/C23H26N4O2/c28-21(13-7-10-18-8-3-1-4-9-18)24-16-17-26-23(29)27(20-14-15-20)22(25-26)19-11-5-2-6-12-19/h1-6,8-9,11-12,20H,7,10,13-17H2,(H,24,28). The summed E-state index contributed by atoms with van der Waals surface area (Å²) in [6, 6.07) is 20.2. The van der Waals surface area contributed by atoms with Crippen molar-refractivity contribution in [3.8, 4) is 11.4 Å². The van der Waals surface area contributed by atoms with E-state index in [0.29, 0.717) is 25.3 Å². The van der Waals surface area contributed by atoms with Gasteiger partial charge in [0.05, 0.1) is 6.54 Å². The van der Waals surface area contributed by atoms with Gasteiger partial charge in [0.25, 0.3) is 0 Å². The van der Waals surface area contributed by atoms with Crippen LogP contribution in [0.3, 0.4) is 0 Å². The van der Waals surface area contributed by atoms with Crippen LogP contribution in [0.5, 0.6) is 0 Å². The average Bonchev–Trinajstić information content (AvgIpc) is 3.53. The van der Waals surface area contributed by atoms with E-state index in [-0.39, 0.29) is 17.6 Å². The molecule has 29 heavy (non-hydrogen) atoms. The van der Waals surface area contributed by atoms with Crippen molar-refractivity contribution in [2.24, 2.45) is 0 Å². The van der Waals surface area contributed by atoms with Crippen LogP contribution in [-0.4, -0.2) is 26.8 Å². The van der Waals surface area contributed by atoms with E-state index in [9.17, 15) is 9.59 Å². The van der Waals surface area contributed by atoms with Gasteiger partial charge >= 0.3 is 5.69 Å². The maximum atomic E-state index is 12.8. The summed E-state index contributed by atoms with van der Waals surface area (Å²) in [5, 5.41) is 7.47. The molecule has 0 unspecified atom stereocenters. The van der Waals surface area contributed by atoms with Gasteiger partial charge in [-0.25, -0.2) is 9.48 Å². The lowest BCUT2D eigenvalue weighted by molar-refractivity contribution is -0.121. The number of carbonyl (C=O) groups is 1. The lowest BCUT2D eigenvalue weighted by Gasteiger charge is -2.05. The van der Waals surface area contributed by atoms with Gasteiger partial charge in [0.2, 0.25) is 5.91 Å². The van der Waals surface area contributed by atoms with E-state index >= 15 is 0 Å². The minimum Gasteiger partial charge on any atom is -0.354 e. The molecule has 1 fully saturated rings. The molecule has 1 saturated carbocycles. The molecular weight excluding hydrogens is 364 g/mol. The van der Waals surface area contributed by atoms with Gasteiger partial charge in [-0.3, -0.25) is 9.36 Å². The van der Waals surface area contributed by atoms with Crippen LogP contribution in [0.1, 0.15) is 37.3 Å². The second-order valence-electron chi connectivity index (χ2n) is 7.49. The summed E-state index contributed by atoms with van der Waals surface area (Å²) in [5.41, 5.74) is 2.09. The van der Waals surface area contributed by atoms with Crippen LogP contribution in [0.15, 0.2) is 65.5 Å². The summed E-state index contributed by atoms with van der Waals surface area (Å²) >= 11 is 0. The Balaban J connectivity index is 1.32. The molecule has 1 aromatic heterocycles. The number of aryl methyl sites for hydroxylation is 1. The van der Waals surface area contributed by atoms with Gasteiger partial charge in [-0.15, -0.1) is 5.10 Å². The third kappa shape index (κ3) is 4.83. The van der Waals surface area contributed by atoms with Gasteiger partial charge < -0.3 is 5.32 Å². The fourth-order valence-corrected chi connectivity index (χ4v) is 3.50. The predicted octanol–water partition coefficient (Wildman–Crippen LogP) is 3.19. The van der Waals surface area contributed by atoms with Crippen molar-refractivity contribution in [2.75, 3.05) is 6.54 Å². The summed E-state index contributed by atoms with van der Waals surface area (Å²) in [5.74, 6) is 0.728. The average molecular weight is 390 g/mol. The monoisotopic (exact) mass is 390 g/mol. The highest BCUT2D eigenvalue weighted by molar-refractivity contribution is 5.75. The lowest BCUT2D eigenvalue weighted by atomic mass is 10.1. The Kier molecular flexibility index (Phi) is 5.89. The number of nitrogens with one attached hydrogen (secondary N) is 1. The van der Waals surface area contributed by atoms with Crippen molar-refractivity contribution >= 4 is 5.91 Å². The highest BCUT2D eigenvalue weighted by Crippen LogP contribution is 2.36. The fraction of sp³-hybridized carbons (Fsp3) is 0.348. The Bertz CT molecular complexity index is 1000. The van der Waals surface area contributed by atoms with E-state index in [1.54, 1.807) is 4.57 Å². The van der Waals surface area contributed by atoms with E-state index in [2.05, 4.69) is 22.5 Å². The molecule has 3 aromatic rings. The van der Waals surface area contributed by atoms with Crippen molar-refractivity contribution in [3.63, 3.8) is 0 Å². The number of hydrogen-bond donors (Lipinski definition) is 1. The first kappa shape index (κ1) is 19.2. The van der Waals surface area contributed by atoms with Crippen LogP contribution >= 0.6 is 0 Å². The van der Waals surface area contributed by atoms with Crippen molar-refractivity contribution in [3.05, 3.63) is 76.7 Å². The highest BCUT2D eigenvalue weighted by atomic mass is 16.2. The largest absolute Gasteiger partial charge is 0.354 e. The van der Waals surface area contributed by atoms with Gasteiger partial charge in [-0.2, -0.15) is 0 Å². The molecule has 1 N–H and O–H groups in total. The minimum atomic E-state index is -0.0929. The number of carbonyl (C=O) groups excluding carboxylic acids is 1. The first-order valence-electron chi connectivity index (χ1n) is 10.3. The van der Waals surface area contributed by atoms with Crippen molar-refractivity contribution in [2.45, 2.75) is 44.7 Å². The smallest absolute Gasteiger partial charge is 0.346 e. The molecule has 6 heteroatoms. The van der Waals surface area contributed by atoms with Gasteiger partial charge in [0, 0.05) is 24.6 Å². The second kappa shape index (κ2) is 8.90. The van der Waals surface area contributed by atoms with Gasteiger partial charge in [0.15, 0.2) is 5.82 Å². The molecule has 0 spiro atoms. The van der Waals surface area contributed by atoms with Crippen LogP contribution in [0.25, 0.3) is 11.4 Å². The van der Waals surface area contributed by atoms with E-state index in [0.717, 1.165) is 31.2 Å². The first-order chi connectivity index (χ1) is 14.2. The number of benzene rings is 2. The molecule has 1 amide bonds. The number of amides is 1. The first-order valence-corrected chi connectivity index (χ1v) is 10.3. The second-order valence-corrected chi connectivity index (χ2v) is 7.49. The molecule has 150 valence electrons. The molecule has 4 rings (SSSR count). The minimum absolute atomic E-state index is 0.0129. The summed E-state index contributed by atoms with van der Waals surface area (Å²) in [7, 11) is 0. The van der Waals surface area contributed by atoms with Gasteiger partial charge in [0.1, 0.15) is 0 Å². The third-order valence-electron chi connectivity index (χ3n) is 5.17. The molecule has 1 heterocycles. The topological polar surface area (TPSA) is 68.9 Å². The molecule has 6 nitrogen and oxygen atoms in total. The number of hydrogen-bond acceptors (Lipinski definition) is 3. The van der Waals surface area contributed by atoms with Crippen LogP contribution in [-0.2, 0) is 17.8 Å². The van der Waals surface area contributed by atoms with E-state index < -0.39 is 0 Å². The Morgan fingerprint density at radius 2 is 1.72 bits per heavy atom. The van der Waals surface area contributed by atoms with Crippen LogP contribution in [0, 0.1) is 0 Å². The Morgan fingerprint density at radius 3 is 2.41 bits per heavy atom. The Labute approximate surface area is 170 Å². The maximum absolute atomic E-state index is 12.8. The molecule has 0 atom stereocenters. The van der Waals surface area contributed by atoms with Crippen molar-refractivity contribution < 1.29 is 4.79 Å². The predicted molar refractivity (Wildman–Crippen MR) is 113 cm³/mol. The zero-order valence-electron chi connectivity index (χ0n) is 16.5. The summed E-state index contributed by atoms with van der Waals surface area (Å²) in [4.78, 5) is 24.9. The maximum Gasteiger partial charge on any atom is 0.346 e. The zero-order chi connectivity index (χ0) is 20.1. The lowest BCUT2D eigenvalue weighted by Crippen LogP contribution is -2.32. The van der Waals surface area contributed by atoms with Crippen LogP contribution in [0.4, 0.5) is 0 Å². The van der Waals surface area contributed by atoms with E-state index in [1.165, 1.54) is 10.2 Å². The molecule has 0 bridgehead atoms. The quantitative estimate of drug-likeness (QED) is 0.610. The zero-order valence-corrected chi connectivity index (χ0v) is 16.5. The van der Waals surface area contributed by atoms with Crippen molar-refractivity contribution in [1.82, 2.24) is 19.7 Å². The molecular formula is C23H26N4O2.